The van der Waals surface area contributed by atoms with Crippen LogP contribution >= 0.6 is 24.0 Å². The predicted molar refractivity (Wildman–Crippen MR) is 143 cm³/mol. The first-order chi connectivity index (χ1) is 16.2. The summed E-state index contributed by atoms with van der Waals surface area (Å²) in [5.41, 5.74) is 2.30. The van der Waals surface area contributed by atoms with Crippen LogP contribution in [0.25, 0.3) is 5.82 Å². The van der Waals surface area contributed by atoms with Gasteiger partial charge >= 0.3 is 0 Å². The third-order valence-corrected chi connectivity index (χ3v) is 5.69. The minimum atomic E-state index is 0. The van der Waals surface area contributed by atoms with Crippen LogP contribution in [-0.4, -0.2) is 65.8 Å². The van der Waals surface area contributed by atoms with Crippen molar-refractivity contribution in [1.29, 1.82) is 0 Å². The smallest absolute Gasteiger partial charge is 0.191 e. The van der Waals surface area contributed by atoms with E-state index in [4.69, 9.17) is 9.47 Å². The third kappa shape index (κ3) is 6.83. The van der Waals surface area contributed by atoms with Crippen molar-refractivity contribution in [3.63, 3.8) is 0 Å². The number of imidazole rings is 1. The van der Waals surface area contributed by atoms with E-state index in [1.807, 2.05) is 35.2 Å². The van der Waals surface area contributed by atoms with Crippen molar-refractivity contribution < 1.29 is 9.47 Å². The van der Waals surface area contributed by atoms with Crippen molar-refractivity contribution >= 4 is 29.9 Å². The molecule has 9 nitrogen and oxygen atoms in total. The van der Waals surface area contributed by atoms with E-state index in [0.717, 1.165) is 54.9 Å². The van der Waals surface area contributed by atoms with Crippen molar-refractivity contribution in [2.75, 3.05) is 34.4 Å². The van der Waals surface area contributed by atoms with Gasteiger partial charge < -0.3 is 20.1 Å². The molecule has 2 aromatic heterocycles. The Hall–Kier alpha value is -2.86. The topological polar surface area (TPSA) is 88.8 Å². The summed E-state index contributed by atoms with van der Waals surface area (Å²) in [6.45, 7) is 3.48. The Balaban J connectivity index is 0.00000324. The number of nitrogens with zero attached hydrogens (tertiary/aromatic N) is 5. The number of aromatic nitrogens is 3. The number of methoxy groups -OCH3 is 2. The lowest BCUT2D eigenvalue weighted by molar-refractivity contribution is 0.321. The van der Waals surface area contributed by atoms with Gasteiger partial charge in [-0.2, -0.15) is 0 Å². The second-order valence-electron chi connectivity index (χ2n) is 8.00. The SMILES string of the molecule is CN=C(NCc1ccnc(-n2ccnc2)c1)NC1CCN(Cc2cc(OC)cc(OC)c2)C1.I. The molecule has 2 N–H and O–H groups in total. The fraction of sp³-hybridized carbons (Fsp3) is 0.375. The van der Waals surface area contributed by atoms with Crippen LogP contribution in [0.1, 0.15) is 17.5 Å². The quantitative estimate of drug-likeness (QED) is 0.242. The van der Waals surface area contributed by atoms with Gasteiger partial charge in [-0.1, -0.05) is 0 Å². The summed E-state index contributed by atoms with van der Waals surface area (Å²) < 4.78 is 12.7. The molecule has 0 saturated carbocycles. The lowest BCUT2D eigenvalue weighted by Gasteiger charge is -2.19. The fourth-order valence-electron chi connectivity index (χ4n) is 3.99. The summed E-state index contributed by atoms with van der Waals surface area (Å²) >= 11 is 0. The van der Waals surface area contributed by atoms with Crippen LogP contribution in [0.5, 0.6) is 11.5 Å². The molecule has 1 atom stereocenters. The monoisotopic (exact) mass is 577 g/mol. The predicted octanol–water partition coefficient (Wildman–Crippen LogP) is 2.84. The average molecular weight is 577 g/mol. The largest absolute Gasteiger partial charge is 0.497 e. The zero-order valence-electron chi connectivity index (χ0n) is 19.8. The number of hydrogen-bond acceptors (Lipinski definition) is 6. The highest BCUT2D eigenvalue weighted by Crippen LogP contribution is 2.24. The zero-order valence-corrected chi connectivity index (χ0v) is 22.1. The molecule has 34 heavy (non-hydrogen) atoms. The first-order valence-electron chi connectivity index (χ1n) is 11.0. The number of aliphatic imine (C=N–C) groups is 1. The van der Waals surface area contributed by atoms with E-state index >= 15 is 0 Å². The molecule has 10 heteroatoms. The van der Waals surface area contributed by atoms with Crippen LogP contribution in [0.2, 0.25) is 0 Å². The molecule has 1 unspecified atom stereocenters. The number of benzene rings is 1. The van der Waals surface area contributed by atoms with E-state index in [9.17, 15) is 0 Å². The number of pyridine rings is 1. The molecule has 1 aromatic carbocycles. The van der Waals surface area contributed by atoms with Crippen molar-refractivity contribution in [3.05, 3.63) is 66.4 Å². The molecular weight excluding hydrogens is 545 g/mol. The summed E-state index contributed by atoms with van der Waals surface area (Å²) in [5.74, 6) is 3.27. The van der Waals surface area contributed by atoms with Crippen LogP contribution in [0, 0.1) is 0 Å². The van der Waals surface area contributed by atoms with Crippen LogP contribution in [0.15, 0.2) is 60.2 Å². The minimum Gasteiger partial charge on any atom is -0.497 e. The van der Waals surface area contributed by atoms with Crippen LogP contribution in [0.3, 0.4) is 0 Å². The number of likely N-dealkylation sites (tertiary alicyclic amines) is 1. The molecule has 1 saturated heterocycles. The Morgan fingerprint density at radius 2 is 1.91 bits per heavy atom. The first-order valence-corrected chi connectivity index (χ1v) is 11.0. The lowest BCUT2D eigenvalue weighted by Crippen LogP contribution is -2.44. The standard InChI is InChI=1S/C24H31N7O2.HI/c1-25-24(28-14-18-4-6-27-23(12-18)31-9-7-26-17-31)29-20-5-8-30(16-20)15-19-10-21(32-2)13-22(11-19)33-3;/h4,6-7,9-13,17,20H,5,8,14-16H2,1-3H3,(H2,25,28,29);1H. The number of rotatable bonds is 8. The highest BCUT2D eigenvalue weighted by atomic mass is 127. The fourth-order valence-corrected chi connectivity index (χ4v) is 3.99. The van der Waals surface area contributed by atoms with Gasteiger partial charge in [0.2, 0.25) is 0 Å². The summed E-state index contributed by atoms with van der Waals surface area (Å²) in [6.07, 6.45) is 8.24. The number of nitrogens with one attached hydrogen (secondary N) is 2. The molecule has 0 aliphatic carbocycles. The summed E-state index contributed by atoms with van der Waals surface area (Å²) in [7, 11) is 5.16. The Morgan fingerprint density at radius 1 is 1.12 bits per heavy atom. The van der Waals surface area contributed by atoms with Gasteiger partial charge in [0.05, 0.1) is 14.2 Å². The highest BCUT2D eigenvalue weighted by molar-refractivity contribution is 14.0. The molecule has 0 radical (unpaired) electrons. The normalized spacial score (nSPS) is 16.1. The maximum absolute atomic E-state index is 5.40. The number of ether oxygens (including phenoxy) is 2. The van der Waals surface area contributed by atoms with E-state index in [1.54, 1.807) is 33.8 Å². The zero-order chi connectivity index (χ0) is 23.0. The molecule has 1 aliphatic heterocycles. The molecule has 0 bridgehead atoms. The Bertz CT molecular complexity index is 1050. The van der Waals surface area contributed by atoms with Crippen LogP contribution in [0.4, 0.5) is 0 Å². The van der Waals surface area contributed by atoms with Crippen molar-refractivity contribution in [2.45, 2.75) is 25.6 Å². The molecule has 3 heterocycles. The van der Waals surface area contributed by atoms with Gasteiger partial charge in [0.15, 0.2) is 5.96 Å². The summed E-state index contributed by atoms with van der Waals surface area (Å²) in [6, 6.07) is 10.4. The number of halogens is 1. The Morgan fingerprint density at radius 3 is 2.59 bits per heavy atom. The first kappa shape index (κ1) is 25.8. The van der Waals surface area contributed by atoms with Gasteiger partial charge in [0, 0.05) is 63.9 Å². The van der Waals surface area contributed by atoms with Crippen molar-refractivity contribution in [3.8, 4) is 17.3 Å². The molecule has 0 amide bonds. The van der Waals surface area contributed by atoms with Crippen LogP contribution in [-0.2, 0) is 13.1 Å². The van der Waals surface area contributed by atoms with E-state index in [2.05, 4.69) is 42.6 Å². The van der Waals surface area contributed by atoms with Gasteiger partial charge in [0.25, 0.3) is 0 Å². The van der Waals surface area contributed by atoms with Gasteiger partial charge in [0.1, 0.15) is 23.6 Å². The van der Waals surface area contributed by atoms with Crippen molar-refractivity contribution in [2.24, 2.45) is 4.99 Å². The van der Waals surface area contributed by atoms with Gasteiger partial charge in [-0.3, -0.25) is 14.5 Å². The minimum absolute atomic E-state index is 0. The highest BCUT2D eigenvalue weighted by Gasteiger charge is 2.23. The van der Waals surface area contributed by atoms with E-state index in [0.29, 0.717) is 12.6 Å². The maximum atomic E-state index is 5.40. The summed E-state index contributed by atoms with van der Waals surface area (Å²) in [5, 5.41) is 6.97. The van der Waals surface area contributed by atoms with Gasteiger partial charge in [-0.25, -0.2) is 9.97 Å². The second-order valence-corrected chi connectivity index (χ2v) is 8.00. The third-order valence-electron chi connectivity index (χ3n) is 5.69. The van der Waals surface area contributed by atoms with Gasteiger partial charge in [-0.05, 0) is 41.8 Å². The average Bonchev–Trinajstić information content (AvgIpc) is 3.54. The van der Waals surface area contributed by atoms with E-state index < -0.39 is 0 Å². The molecule has 0 spiro atoms. The Labute approximate surface area is 217 Å². The molecular formula is C24H32IN7O2. The summed E-state index contributed by atoms with van der Waals surface area (Å²) in [4.78, 5) is 15.3. The Kier molecular flexibility index (Phi) is 9.52. The number of guanidine groups is 1. The van der Waals surface area contributed by atoms with Crippen LogP contribution < -0.4 is 20.1 Å². The number of hydrogen-bond donors (Lipinski definition) is 2. The second kappa shape index (κ2) is 12.6. The van der Waals surface area contributed by atoms with Crippen molar-refractivity contribution in [1.82, 2.24) is 30.1 Å². The lowest BCUT2D eigenvalue weighted by atomic mass is 10.2. The molecule has 182 valence electrons. The van der Waals surface area contributed by atoms with E-state index in [1.165, 1.54) is 5.56 Å². The molecule has 4 rings (SSSR count). The molecule has 3 aromatic rings. The van der Waals surface area contributed by atoms with Gasteiger partial charge in [-0.15, -0.1) is 24.0 Å². The molecule has 1 aliphatic rings. The maximum Gasteiger partial charge on any atom is 0.191 e. The molecule has 1 fully saturated rings. The van der Waals surface area contributed by atoms with E-state index in [-0.39, 0.29) is 24.0 Å².